The number of aromatic nitrogens is 2. The number of nitrogens with zero attached hydrogens (tertiary/aromatic N) is 3. The van der Waals surface area contributed by atoms with E-state index in [4.69, 9.17) is 4.74 Å². The van der Waals surface area contributed by atoms with Gasteiger partial charge >= 0.3 is 0 Å². The van der Waals surface area contributed by atoms with Gasteiger partial charge in [0.2, 0.25) is 5.91 Å². The Balaban J connectivity index is 1.08. The molecule has 3 aromatic rings. The van der Waals surface area contributed by atoms with Gasteiger partial charge in [-0.2, -0.15) is 8.75 Å². The zero-order chi connectivity index (χ0) is 21.3. The van der Waals surface area contributed by atoms with Crippen molar-refractivity contribution in [1.82, 2.24) is 19.0 Å². The van der Waals surface area contributed by atoms with Crippen LogP contribution in [0, 0.1) is 11.3 Å². The van der Waals surface area contributed by atoms with Crippen LogP contribution >= 0.6 is 11.7 Å². The maximum Gasteiger partial charge on any atom is 0.223 e. The highest BCUT2D eigenvalue weighted by atomic mass is 32.1. The Kier molecular flexibility index (Phi) is 5.63. The molecule has 1 aliphatic carbocycles. The van der Waals surface area contributed by atoms with Crippen molar-refractivity contribution >= 4 is 28.7 Å². The van der Waals surface area contributed by atoms with Gasteiger partial charge in [-0.3, -0.25) is 9.69 Å². The zero-order valence-corrected chi connectivity index (χ0v) is 18.7. The first-order chi connectivity index (χ1) is 15.2. The Hall–Kier alpha value is -2.51. The van der Waals surface area contributed by atoms with Gasteiger partial charge in [0.25, 0.3) is 0 Å². The van der Waals surface area contributed by atoms with Crippen molar-refractivity contribution in [2.24, 2.45) is 11.3 Å². The van der Waals surface area contributed by atoms with Gasteiger partial charge in [0.1, 0.15) is 16.8 Å². The number of benzene rings is 2. The minimum absolute atomic E-state index is 0.185. The number of carbonyl (C=O) groups is 1. The molecule has 2 aromatic carbocycles. The number of amides is 1. The SMILES string of the molecule is COc1ccccc1CCNC(=O)C1CC12CCN(Cc1ccc3nsnc3c1)CC2. The van der Waals surface area contributed by atoms with Gasteiger partial charge in [-0.15, -0.1) is 0 Å². The van der Waals surface area contributed by atoms with Crippen LogP contribution in [0.2, 0.25) is 0 Å². The third kappa shape index (κ3) is 4.29. The van der Waals surface area contributed by atoms with E-state index in [0.29, 0.717) is 6.54 Å². The Morgan fingerprint density at radius 1 is 1.19 bits per heavy atom. The summed E-state index contributed by atoms with van der Waals surface area (Å²) in [6.45, 7) is 3.71. The van der Waals surface area contributed by atoms with E-state index in [9.17, 15) is 4.79 Å². The van der Waals surface area contributed by atoms with E-state index < -0.39 is 0 Å². The number of likely N-dealkylation sites (tertiary alicyclic amines) is 1. The fourth-order valence-corrected chi connectivity index (χ4v) is 5.48. The zero-order valence-electron chi connectivity index (χ0n) is 17.8. The Morgan fingerprint density at radius 2 is 2.00 bits per heavy atom. The minimum Gasteiger partial charge on any atom is -0.496 e. The summed E-state index contributed by atoms with van der Waals surface area (Å²) in [5, 5.41) is 3.16. The molecular weight excluding hydrogens is 408 g/mol. The molecule has 1 atom stereocenters. The number of carbonyl (C=O) groups excluding carboxylic acids is 1. The second kappa shape index (κ2) is 8.55. The normalized spacial score (nSPS) is 20.1. The molecule has 1 amide bonds. The quantitative estimate of drug-likeness (QED) is 0.612. The highest BCUT2D eigenvalue weighted by Crippen LogP contribution is 2.59. The van der Waals surface area contributed by atoms with Crippen molar-refractivity contribution < 1.29 is 9.53 Å². The fraction of sp³-hybridized carbons (Fsp3) is 0.458. The van der Waals surface area contributed by atoms with Crippen molar-refractivity contribution in [3.05, 3.63) is 53.6 Å². The van der Waals surface area contributed by atoms with Gasteiger partial charge in [-0.1, -0.05) is 24.3 Å². The average Bonchev–Trinajstić information content (AvgIpc) is 3.29. The second-order valence-corrected chi connectivity index (χ2v) is 9.36. The molecule has 31 heavy (non-hydrogen) atoms. The summed E-state index contributed by atoms with van der Waals surface area (Å²) < 4.78 is 14.0. The highest BCUT2D eigenvalue weighted by Gasteiger charge is 2.58. The maximum atomic E-state index is 12.7. The highest BCUT2D eigenvalue weighted by molar-refractivity contribution is 7.00. The van der Waals surface area contributed by atoms with Crippen molar-refractivity contribution in [3.63, 3.8) is 0 Å². The molecular formula is C24H28N4O2S. The van der Waals surface area contributed by atoms with Crippen molar-refractivity contribution in [3.8, 4) is 5.75 Å². The molecule has 1 spiro atoms. The summed E-state index contributed by atoms with van der Waals surface area (Å²) in [5.74, 6) is 1.30. The number of ether oxygens (including phenoxy) is 1. The third-order valence-electron chi connectivity index (χ3n) is 6.97. The van der Waals surface area contributed by atoms with Crippen LogP contribution in [0.4, 0.5) is 0 Å². The standard InChI is InChI=1S/C24H28N4O2S/c1-30-22-5-3-2-4-18(22)8-11-25-23(29)19-15-24(19)9-12-28(13-10-24)16-17-6-7-20-21(14-17)27-31-26-20/h2-7,14,19H,8-13,15-16H2,1H3,(H,25,29). The van der Waals surface area contributed by atoms with Crippen molar-refractivity contribution in [2.75, 3.05) is 26.7 Å². The molecule has 6 nitrogen and oxygen atoms in total. The molecule has 1 aliphatic heterocycles. The van der Waals surface area contributed by atoms with Gasteiger partial charge in [0.15, 0.2) is 0 Å². The number of nitrogens with one attached hydrogen (secondary N) is 1. The van der Waals surface area contributed by atoms with Gasteiger partial charge in [-0.25, -0.2) is 0 Å². The van der Waals surface area contributed by atoms with Gasteiger partial charge in [0, 0.05) is 19.0 Å². The smallest absolute Gasteiger partial charge is 0.223 e. The average molecular weight is 437 g/mol. The lowest BCUT2D eigenvalue weighted by atomic mass is 9.90. The Labute approximate surface area is 186 Å². The van der Waals surface area contributed by atoms with E-state index in [2.05, 4.69) is 43.2 Å². The number of para-hydroxylation sites is 1. The molecule has 2 heterocycles. The molecule has 1 N–H and O–H groups in total. The molecule has 5 rings (SSSR count). The first-order valence-corrected chi connectivity index (χ1v) is 11.7. The topological polar surface area (TPSA) is 67.3 Å². The Bertz CT molecular complexity index is 1070. The lowest BCUT2D eigenvalue weighted by Gasteiger charge is -2.32. The Morgan fingerprint density at radius 3 is 2.84 bits per heavy atom. The summed E-state index contributed by atoms with van der Waals surface area (Å²) in [6, 6.07) is 14.4. The van der Waals surface area contributed by atoms with Crippen molar-refractivity contribution in [1.29, 1.82) is 0 Å². The fourth-order valence-electron chi connectivity index (χ4n) is 4.96. The summed E-state index contributed by atoms with van der Waals surface area (Å²) in [5.41, 5.74) is 4.62. The van der Waals surface area contributed by atoms with Crippen LogP contribution in [0.3, 0.4) is 0 Å². The van der Waals surface area contributed by atoms with Crippen LogP contribution in [0.5, 0.6) is 5.75 Å². The molecule has 2 fully saturated rings. The minimum atomic E-state index is 0.185. The molecule has 2 aliphatic rings. The first kappa shape index (κ1) is 20.4. The molecule has 0 bridgehead atoms. The summed E-state index contributed by atoms with van der Waals surface area (Å²) in [7, 11) is 1.69. The van der Waals surface area contributed by atoms with Crippen LogP contribution in [0.25, 0.3) is 11.0 Å². The first-order valence-electron chi connectivity index (χ1n) is 11.0. The molecule has 1 unspecified atom stereocenters. The monoisotopic (exact) mass is 436 g/mol. The largest absolute Gasteiger partial charge is 0.496 e. The van der Waals surface area contributed by atoms with Crippen LogP contribution in [0.15, 0.2) is 42.5 Å². The maximum absolute atomic E-state index is 12.7. The van der Waals surface area contributed by atoms with E-state index in [-0.39, 0.29) is 17.2 Å². The van der Waals surface area contributed by atoms with Crippen LogP contribution in [0.1, 0.15) is 30.4 Å². The summed E-state index contributed by atoms with van der Waals surface area (Å²) >= 11 is 1.27. The van der Waals surface area contributed by atoms with E-state index in [1.165, 1.54) is 17.3 Å². The van der Waals surface area contributed by atoms with Gasteiger partial charge in [0.05, 0.1) is 18.8 Å². The van der Waals surface area contributed by atoms with E-state index in [0.717, 1.165) is 67.7 Å². The van der Waals surface area contributed by atoms with Gasteiger partial charge < -0.3 is 10.1 Å². The molecule has 7 heteroatoms. The van der Waals surface area contributed by atoms with E-state index >= 15 is 0 Å². The number of hydrogen-bond donors (Lipinski definition) is 1. The summed E-state index contributed by atoms with van der Waals surface area (Å²) in [4.78, 5) is 15.2. The van der Waals surface area contributed by atoms with Crippen LogP contribution in [-0.2, 0) is 17.8 Å². The van der Waals surface area contributed by atoms with Crippen LogP contribution in [-0.4, -0.2) is 46.3 Å². The van der Waals surface area contributed by atoms with Gasteiger partial charge in [-0.05, 0) is 73.5 Å². The van der Waals surface area contributed by atoms with E-state index in [1.807, 2.05) is 18.2 Å². The number of methoxy groups -OCH3 is 1. The van der Waals surface area contributed by atoms with Crippen LogP contribution < -0.4 is 10.1 Å². The number of fused-ring (bicyclic) bond motifs is 1. The third-order valence-corrected chi connectivity index (χ3v) is 7.53. The lowest BCUT2D eigenvalue weighted by molar-refractivity contribution is -0.123. The van der Waals surface area contributed by atoms with Crippen molar-refractivity contribution in [2.45, 2.75) is 32.2 Å². The number of hydrogen-bond acceptors (Lipinski definition) is 6. The molecule has 1 saturated heterocycles. The number of piperidine rings is 1. The van der Waals surface area contributed by atoms with E-state index in [1.54, 1.807) is 7.11 Å². The molecule has 1 saturated carbocycles. The number of rotatable bonds is 7. The molecule has 0 radical (unpaired) electrons. The second-order valence-electron chi connectivity index (χ2n) is 8.84. The predicted molar refractivity (Wildman–Crippen MR) is 122 cm³/mol. The molecule has 1 aromatic heterocycles. The molecule has 162 valence electrons. The lowest BCUT2D eigenvalue weighted by Crippen LogP contribution is -2.37. The summed E-state index contributed by atoms with van der Waals surface area (Å²) in [6.07, 6.45) is 4.05. The predicted octanol–water partition coefficient (Wildman–Crippen LogP) is 3.66.